The molecule has 0 saturated carbocycles. The number of carboxylic acids is 1. The van der Waals surface area contributed by atoms with Crippen molar-refractivity contribution in [2.24, 2.45) is 0 Å². The lowest BCUT2D eigenvalue weighted by Crippen LogP contribution is -2.48. The quantitative estimate of drug-likeness (QED) is 0.617. The SMILES string of the molecule is CCC[N+](C)(CCC)CC(=O)O. The molecule has 0 fully saturated rings. The zero-order chi connectivity index (χ0) is 9.61. The Morgan fingerprint density at radius 3 is 1.92 bits per heavy atom. The molecule has 0 aliphatic heterocycles. The summed E-state index contributed by atoms with van der Waals surface area (Å²) in [7, 11) is 2.02. The lowest BCUT2D eigenvalue weighted by atomic mass is 10.3. The van der Waals surface area contributed by atoms with Crippen LogP contribution in [-0.4, -0.2) is 42.2 Å². The van der Waals surface area contributed by atoms with E-state index in [-0.39, 0.29) is 6.54 Å². The molecule has 0 bridgehead atoms. The molecule has 0 aliphatic rings. The highest BCUT2D eigenvalue weighted by molar-refractivity contribution is 5.67. The summed E-state index contributed by atoms with van der Waals surface area (Å²) in [6.45, 7) is 6.35. The average Bonchev–Trinajstić information content (AvgIpc) is 1.85. The molecule has 0 atom stereocenters. The summed E-state index contributed by atoms with van der Waals surface area (Å²) < 4.78 is 0.669. The van der Waals surface area contributed by atoms with Gasteiger partial charge in [-0.3, -0.25) is 0 Å². The number of rotatable bonds is 6. The summed E-state index contributed by atoms with van der Waals surface area (Å²) in [6.07, 6.45) is 2.09. The van der Waals surface area contributed by atoms with E-state index in [1.807, 2.05) is 7.05 Å². The standard InChI is InChI=1S/C9H19NO2/c1-4-6-10(3,7-5-2)8-9(11)12/h4-8H2,1-3H3/p+1. The van der Waals surface area contributed by atoms with Crippen LogP contribution in [0.4, 0.5) is 0 Å². The van der Waals surface area contributed by atoms with Gasteiger partial charge in [-0.2, -0.15) is 0 Å². The smallest absolute Gasteiger partial charge is 0.359 e. The van der Waals surface area contributed by atoms with Gasteiger partial charge in [-0.05, 0) is 12.8 Å². The lowest BCUT2D eigenvalue weighted by molar-refractivity contribution is -0.902. The first-order valence-corrected chi connectivity index (χ1v) is 4.59. The van der Waals surface area contributed by atoms with Gasteiger partial charge < -0.3 is 9.59 Å². The molecule has 0 spiro atoms. The number of nitrogens with zero attached hydrogens (tertiary/aromatic N) is 1. The van der Waals surface area contributed by atoms with E-state index in [2.05, 4.69) is 13.8 Å². The van der Waals surface area contributed by atoms with Crippen LogP contribution in [0, 0.1) is 0 Å². The minimum atomic E-state index is -0.695. The third kappa shape index (κ3) is 4.34. The molecule has 0 rings (SSSR count). The van der Waals surface area contributed by atoms with Gasteiger partial charge in [0.2, 0.25) is 0 Å². The molecule has 0 amide bonds. The number of likely N-dealkylation sites (N-methyl/N-ethyl adjacent to an activating group) is 1. The topological polar surface area (TPSA) is 37.3 Å². The van der Waals surface area contributed by atoms with Crippen LogP contribution in [0.2, 0.25) is 0 Å². The molecule has 0 aromatic heterocycles. The van der Waals surface area contributed by atoms with Crippen LogP contribution in [0.3, 0.4) is 0 Å². The van der Waals surface area contributed by atoms with Crippen molar-refractivity contribution in [3.63, 3.8) is 0 Å². The second-order valence-corrected chi connectivity index (χ2v) is 3.62. The fraction of sp³-hybridized carbons (Fsp3) is 0.889. The molecule has 3 nitrogen and oxygen atoms in total. The maximum absolute atomic E-state index is 10.5. The molecule has 0 aromatic rings. The van der Waals surface area contributed by atoms with E-state index in [1.54, 1.807) is 0 Å². The zero-order valence-corrected chi connectivity index (χ0v) is 8.34. The summed E-state index contributed by atoms with van der Waals surface area (Å²) in [5, 5.41) is 8.69. The normalized spacial score (nSPS) is 11.6. The van der Waals surface area contributed by atoms with Crippen molar-refractivity contribution in [3.8, 4) is 0 Å². The number of hydrogen-bond acceptors (Lipinski definition) is 1. The molecule has 1 N–H and O–H groups in total. The third-order valence-corrected chi connectivity index (χ3v) is 2.04. The van der Waals surface area contributed by atoms with Crippen LogP contribution in [-0.2, 0) is 4.79 Å². The van der Waals surface area contributed by atoms with Gasteiger partial charge in [0, 0.05) is 0 Å². The average molecular weight is 174 g/mol. The van der Waals surface area contributed by atoms with Crippen molar-refractivity contribution >= 4 is 5.97 Å². The fourth-order valence-corrected chi connectivity index (χ4v) is 1.68. The molecule has 0 aromatic carbocycles. The van der Waals surface area contributed by atoms with Gasteiger partial charge in [-0.1, -0.05) is 13.8 Å². The number of quaternary nitrogens is 1. The Balaban J connectivity index is 4.07. The molecule has 0 heterocycles. The minimum absolute atomic E-state index is 0.252. The van der Waals surface area contributed by atoms with Crippen molar-refractivity contribution in [1.29, 1.82) is 0 Å². The number of carboxylic acid groups (broad SMARTS) is 1. The predicted molar refractivity (Wildman–Crippen MR) is 49.0 cm³/mol. The highest BCUT2D eigenvalue weighted by Crippen LogP contribution is 2.05. The van der Waals surface area contributed by atoms with Crippen LogP contribution in [0.25, 0.3) is 0 Å². The summed E-state index contributed by atoms with van der Waals surface area (Å²) in [6, 6.07) is 0. The number of hydrogen-bond donors (Lipinski definition) is 1. The highest BCUT2D eigenvalue weighted by Gasteiger charge is 2.22. The largest absolute Gasteiger partial charge is 0.477 e. The summed E-state index contributed by atoms with van der Waals surface area (Å²) in [5.74, 6) is -0.695. The molecule has 0 aliphatic carbocycles. The first-order valence-electron chi connectivity index (χ1n) is 4.59. The Hall–Kier alpha value is -0.570. The van der Waals surface area contributed by atoms with E-state index < -0.39 is 5.97 Å². The van der Waals surface area contributed by atoms with E-state index in [1.165, 1.54) is 0 Å². The Labute approximate surface area is 74.6 Å². The maximum Gasteiger partial charge on any atom is 0.359 e. The highest BCUT2D eigenvalue weighted by atomic mass is 16.4. The summed E-state index contributed by atoms with van der Waals surface area (Å²) in [5.41, 5.74) is 0. The first-order chi connectivity index (χ1) is 5.54. The van der Waals surface area contributed by atoms with Gasteiger partial charge in [0.05, 0.1) is 20.1 Å². The van der Waals surface area contributed by atoms with Crippen LogP contribution in [0.15, 0.2) is 0 Å². The molecule has 72 valence electrons. The Bertz CT molecular complexity index is 139. The minimum Gasteiger partial charge on any atom is -0.477 e. The van der Waals surface area contributed by atoms with Crippen LogP contribution in [0.5, 0.6) is 0 Å². The van der Waals surface area contributed by atoms with Gasteiger partial charge in [-0.25, -0.2) is 4.79 Å². The Morgan fingerprint density at radius 2 is 1.67 bits per heavy atom. The summed E-state index contributed by atoms with van der Waals surface area (Å²) in [4.78, 5) is 10.5. The van der Waals surface area contributed by atoms with Crippen LogP contribution >= 0.6 is 0 Å². The first kappa shape index (κ1) is 11.4. The molecular formula is C9H20NO2+. The van der Waals surface area contributed by atoms with E-state index >= 15 is 0 Å². The number of carbonyl (C=O) groups is 1. The van der Waals surface area contributed by atoms with Gasteiger partial charge in [0.25, 0.3) is 0 Å². The van der Waals surface area contributed by atoms with Gasteiger partial charge in [0.1, 0.15) is 0 Å². The van der Waals surface area contributed by atoms with Gasteiger partial charge in [-0.15, -0.1) is 0 Å². The molecule has 0 saturated heterocycles. The Kier molecular flexibility index (Phi) is 4.90. The van der Waals surface area contributed by atoms with Crippen molar-refractivity contribution in [2.45, 2.75) is 26.7 Å². The van der Waals surface area contributed by atoms with Gasteiger partial charge >= 0.3 is 5.97 Å². The van der Waals surface area contributed by atoms with Crippen molar-refractivity contribution in [2.75, 3.05) is 26.7 Å². The monoisotopic (exact) mass is 174 g/mol. The molecule has 0 unspecified atom stereocenters. The van der Waals surface area contributed by atoms with E-state index in [9.17, 15) is 4.79 Å². The second kappa shape index (κ2) is 5.14. The Morgan fingerprint density at radius 1 is 1.25 bits per heavy atom. The second-order valence-electron chi connectivity index (χ2n) is 3.62. The van der Waals surface area contributed by atoms with E-state index in [0.717, 1.165) is 25.9 Å². The third-order valence-electron chi connectivity index (χ3n) is 2.04. The molecule has 12 heavy (non-hydrogen) atoms. The van der Waals surface area contributed by atoms with Crippen molar-refractivity contribution < 1.29 is 14.4 Å². The lowest BCUT2D eigenvalue weighted by Gasteiger charge is -2.32. The fourth-order valence-electron chi connectivity index (χ4n) is 1.68. The predicted octanol–water partition coefficient (Wildman–Crippen LogP) is 1.34. The summed E-state index contributed by atoms with van der Waals surface area (Å²) >= 11 is 0. The molecular weight excluding hydrogens is 154 g/mol. The molecule has 3 heteroatoms. The molecule has 0 radical (unpaired) electrons. The van der Waals surface area contributed by atoms with Crippen molar-refractivity contribution in [1.82, 2.24) is 0 Å². The van der Waals surface area contributed by atoms with Crippen LogP contribution in [0.1, 0.15) is 26.7 Å². The zero-order valence-electron chi connectivity index (χ0n) is 8.34. The number of aliphatic carboxylic acids is 1. The van der Waals surface area contributed by atoms with Crippen molar-refractivity contribution in [3.05, 3.63) is 0 Å². The van der Waals surface area contributed by atoms with E-state index in [0.29, 0.717) is 4.48 Å². The maximum atomic E-state index is 10.5. The van der Waals surface area contributed by atoms with Crippen LogP contribution < -0.4 is 0 Å². The van der Waals surface area contributed by atoms with E-state index in [4.69, 9.17) is 5.11 Å². The van der Waals surface area contributed by atoms with Gasteiger partial charge in [0.15, 0.2) is 6.54 Å².